The number of nitrogens with zero attached hydrogens (tertiary/aromatic N) is 2. The predicted octanol–water partition coefficient (Wildman–Crippen LogP) is 1.23. The minimum atomic E-state index is -0.388. The van der Waals surface area contributed by atoms with Crippen LogP contribution in [0.15, 0.2) is 29.1 Å². The van der Waals surface area contributed by atoms with Crippen molar-refractivity contribution in [2.45, 2.75) is 13.5 Å². The van der Waals surface area contributed by atoms with E-state index >= 15 is 0 Å². The minimum absolute atomic E-state index is 0.108. The van der Waals surface area contributed by atoms with Gasteiger partial charge in [-0.2, -0.15) is 5.10 Å². The lowest BCUT2D eigenvalue weighted by Crippen LogP contribution is -2.31. The van der Waals surface area contributed by atoms with Gasteiger partial charge in [-0.05, 0) is 31.2 Å². The number of methoxy groups -OCH3 is 2. The Bertz CT molecular complexity index is 768. The quantitative estimate of drug-likeness (QED) is 0.638. The fourth-order valence-corrected chi connectivity index (χ4v) is 2.09. The van der Waals surface area contributed by atoms with Crippen LogP contribution in [0, 0.1) is 5.41 Å². The van der Waals surface area contributed by atoms with Crippen LogP contribution in [0.4, 0.5) is 0 Å². The molecule has 7 nitrogen and oxygen atoms in total. The number of nitrogens with two attached hydrogens (primary N) is 1. The van der Waals surface area contributed by atoms with Crippen LogP contribution in [0.5, 0.6) is 11.5 Å². The molecule has 0 aliphatic heterocycles. The van der Waals surface area contributed by atoms with E-state index in [-0.39, 0.29) is 17.0 Å². The second-order valence-corrected chi connectivity index (χ2v) is 4.54. The number of rotatable bonds is 5. The molecular weight excluding hydrogens is 284 g/mol. The summed E-state index contributed by atoms with van der Waals surface area (Å²) in [7, 11) is 3.11. The van der Waals surface area contributed by atoms with Crippen LogP contribution in [-0.4, -0.2) is 29.8 Å². The van der Waals surface area contributed by atoms with Crippen molar-refractivity contribution in [2.75, 3.05) is 14.2 Å². The van der Waals surface area contributed by atoms with Gasteiger partial charge >= 0.3 is 0 Å². The average Bonchev–Trinajstić information content (AvgIpc) is 2.54. The van der Waals surface area contributed by atoms with E-state index < -0.39 is 0 Å². The van der Waals surface area contributed by atoms with Crippen LogP contribution in [0.3, 0.4) is 0 Å². The van der Waals surface area contributed by atoms with Crippen LogP contribution in [0.25, 0.3) is 11.3 Å². The third-order valence-corrected chi connectivity index (χ3v) is 3.25. The number of hydrogen-bond donors (Lipinski definition) is 2. The molecule has 0 atom stereocenters. The van der Waals surface area contributed by atoms with Crippen LogP contribution in [0.2, 0.25) is 0 Å². The first-order chi connectivity index (χ1) is 10.5. The molecule has 0 bridgehead atoms. The lowest BCUT2D eigenvalue weighted by molar-refractivity contribution is 0.404. The van der Waals surface area contributed by atoms with Gasteiger partial charge in [-0.3, -0.25) is 10.2 Å². The van der Waals surface area contributed by atoms with E-state index in [0.717, 1.165) is 0 Å². The van der Waals surface area contributed by atoms with Crippen molar-refractivity contribution in [3.05, 3.63) is 40.2 Å². The average molecular weight is 302 g/mol. The number of aryl methyl sites for hydroxylation is 1. The molecule has 3 N–H and O–H groups in total. The van der Waals surface area contributed by atoms with Crippen molar-refractivity contribution in [2.24, 2.45) is 5.73 Å². The summed E-state index contributed by atoms with van der Waals surface area (Å²) < 4.78 is 11.8. The summed E-state index contributed by atoms with van der Waals surface area (Å²) >= 11 is 0. The molecule has 1 heterocycles. The molecule has 0 saturated heterocycles. The first-order valence-electron chi connectivity index (χ1n) is 6.70. The number of hydrogen-bond acceptors (Lipinski definition) is 5. The van der Waals surface area contributed by atoms with Gasteiger partial charge in [-0.25, -0.2) is 4.68 Å². The Kier molecular flexibility index (Phi) is 4.45. The number of benzene rings is 1. The molecule has 1 aromatic heterocycles. The summed E-state index contributed by atoms with van der Waals surface area (Å²) in [5.41, 5.74) is 6.36. The van der Waals surface area contributed by atoms with Crippen molar-refractivity contribution in [3.8, 4) is 22.8 Å². The maximum absolute atomic E-state index is 12.1. The van der Waals surface area contributed by atoms with Crippen LogP contribution < -0.4 is 20.8 Å². The molecule has 0 aliphatic rings. The Morgan fingerprint density at radius 1 is 1.32 bits per heavy atom. The van der Waals surface area contributed by atoms with Crippen molar-refractivity contribution in [1.29, 1.82) is 5.41 Å². The van der Waals surface area contributed by atoms with E-state index in [1.54, 1.807) is 39.3 Å². The summed E-state index contributed by atoms with van der Waals surface area (Å²) in [4.78, 5) is 12.1. The van der Waals surface area contributed by atoms with Gasteiger partial charge in [0.05, 0.1) is 25.5 Å². The minimum Gasteiger partial charge on any atom is -0.497 e. The first-order valence-corrected chi connectivity index (χ1v) is 6.70. The second kappa shape index (κ2) is 6.30. The third-order valence-electron chi connectivity index (χ3n) is 3.25. The molecule has 22 heavy (non-hydrogen) atoms. The zero-order valence-electron chi connectivity index (χ0n) is 12.7. The molecule has 7 heteroatoms. The van der Waals surface area contributed by atoms with E-state index in [9.17, 15) is 4.79 Å². The van der Waals surface area contributed by atoms with E-state index in [1.807, 2.05) is 0 Å². The van der Waals surface area contributed by atoms with Crippen molar-refractivity contribution in [1.82, 2.24) is 9.78 Å². The lowest BCUT2D eigenvalue weighted by atomic mass is 10.1. The Morgan fingerprint density at radius 3 is 2.59 bits per heavy atom. The number of nitrogen functional groups attached to an aromatic ring is 1. The fourth-order valence-electron chi connectivity index (χ4n) is 2.09. The molecule has 0 amide bonds. The second-order valence-electron chi connectivity index (χ2n) is 4.54. The predicted molar refractivity (Wildman–Crippen MR) is 83.7 cm³/mol. The highest BCUT2D eigenvalue weighted by molar-refractivity contribution is 5.95. The molecule has 0 radical (unpaired) electrons. The standard InChI is InChI=1S/C15H18N4O3/c1-4-19-15(20)11(14(16)17)8-12(18-19)10-7-9(21-2)5-6-13(10)22-3/h5-8H,4H2,1-3H3,(H3,16,17). The normalized spacial score (nSPS) is 10.3. The molecular formula is C15H18N4O3. The molecule has 2 rings (SSSR count). The van der Waals surface area contributed by atoms with Crippen molar-refractivity contribution < 1.29 is 9.47 Å². The fraction of sp³-hybridized carbons (Fsp3) is 0.267. The van der Waals surface area contributed by atoms with Gasteiger partial charge in [-0.1, -0.05) is 0 Å². The highest BCUT2D eigenvalue weighted by atomic mass is 16.5. The highest BCUT2D eigenvalue weighted by Gasteiger charge is 2.15. The van der Waals surface area contributed by atoms with E-state index in [2.05, 4.69) is 5.10 Å². The maximum Gasteiger partial charge on any atom is 0.277 e. The van der Waals surface area contributed by atoms with Gasteiger partial charge in [0.1, 0.15) is 17.3 Å². The number of ether oxygens (including phenoxy) is 2. The summed E-state index contributed by atoms with van der Waals surface area (Å²) in [6, 6.07) is 6.78. The molecule has 0 unspecified atom stereocenters. The summed E-state index contributed by atoms with van der Waals surface area (Å²) in [6.07, 6.45) is 0. The lowest BCUT2D eigenvalue weighted by Gasteiger charge is -2.12. The van der Waals surface area contributed by atoms with Gasteiger partial charge in [0, 0.05) is 12.1 Å². The maximum atomic E-state index is 12.1. The first kappa shape index (κ1) is 15.6. The largest absolute Gasteiger partial charge is 0.497 e. The monoisotopic (exact) mass is 302 g/mol. The molecule has 116 valence electrons. The van der Waals surface area contributed by atoms with Gasteiger partial charge < -0.3 is 15.2 Å². The number of aromatic nitrogens is 2. The number of amidine groups is 1. The molecule has 0 fully saturated rings. The Hall–Kier alpha value is -2.83. The Balaban J connectivity index is 2.74. The molecule has 2 aromatic rings. The molecule has 0 aliphatic carbocycles. The summed E-state index contributed by atoms with van der Waals surface area (Å²) in [5.74, 6) is 0.929. The van der Waals surface area contributed by atoms with Gasteiger partial charge in [0.2, 0.25) is 0 Å². The van der Waals surface area contributed by atoms with Gasteiger partial charge in [0.15, 0.2) is 0 Å². The van der Waals surface area contributed by atoms with E-state index in [0.29, 0.717) is 29.3 Å². The number of nitrogens with one attached hydrogen (secondary N) is 1. The molecule has 0 saturated carbocycles. The SMILES string of the molecule is CCn1nc(-c2cc(OC)ccc2OC)cc(C(=N)N)c1=O. The van der Waals surface area contributed by atoms with Crippen molar-refractivity contribution >= 4 is 5.84 Å². The Labute approximate surface area is 127 Å². The topological polar surface area (TPSA) is 103 Å². The zero-order valence-corrected chi connectivity index (χ0v) is 12.7. The zero-order chi connectivity index (χ0) is 16.3. The smallest absolute Gasteiger partial charge is 0.277 e. The molecule has 1 aromatic carbocycles. The Morgan fingerprint density at radius 2 is 2.05 bits per heavy atom. The van der Waals surface area contributed by atoms with Crippen molar-refractivity contribution in [3.63, 3.8) is 0 Å². The summed E-state index contributed by atoms with van der Waals surface area (Å²) in [5, 5.41) is 11.9. The van der Waals surface area contributed by atoms with Crippen LogP contribution in [-0.2, 0) is 6.54 Å². The van der Waals surface area contributed by atoms with E-state index in [1.165, 1.54) is 10.7 Å². The highest BCUT2D eigenvalue weighted by Crippen LogP contribution is 2.32. The van der Waals surface area contributed by atoms with E-state index in [4.69, 9.17) is 20.6 Å². The van der Waals surface area contributed by atoms with Gasteiger partial charge in [-0.15, -0.1) is 0 Å². The third kappa shape index (κ3) is 2.78. The summed E-state index contributed by atoms with van der Waals surface area (Å²) in [6.45, 7) is 2.17. The van der Waals surface area contributed by atoms with Crippen LogP contribution in [0.1, 0.15) is 12.5 Å². The molecule has 0 spiro atoms. The van der Waals surface area contributed by atoms with Crippen LogP contribution >= 0.6 is 0 Å². The van der Waals surface area contributed by atoms with Gasteiger partial charge in [0.25, 0.3) is 5.56 Å².